The van der Waals surface area contributed by atoms with E-state index in [9.17, 15) is 13.2 Å². The van der Waals surface area contributed by atoms with E-state index >= 15 is 0 Å². The molecule has 5 nitrogen and oxygen atoms in total. The minimum Gasteiger partial charge on any atom is -0.367 e. The summed E-state index contributed by atoms with van der Waals surface area (Å²) in [5.41, 5.74) is 0.915. The highest BCUT2D eigenvalue weighted by atomic mass is 32.2. The lowest BCUT2D eigenvalue weighted by molar-refractivity contribution is -0.116. The summed E-state index contributed by atoms with van der Waals surface area (Å²) in [5, 5.41) is 3.51. The lowest BCUT2D eigenvalue weighted by Crippen LogP contribution is -2.20. The Morgan fingerprint density at radius 2 is 1.95 bits per heavy atom. The van der Waals surface area contributed by atoms with Gasteiger partial charge in [-0.2, -0.15) is 0 Å². The maximum Gasteiger partial charge on any atom is 0.244 e. The van der Waals surface area contributed by atoms with Gasteiger partial charge < -0.3 is 10.3 Å². The Labute approximate surface area is 117 Å². The van der Waals surface area contributed by atoms with Gasteiger partial charge in [-0.05, 0) is 23.8 Å². The van der Waals surface area contributed by atoms with E-state index in [1.54, 1.807) is 30.6 Å². The van der Waals surface area contributed by atoms with Crippen molar-refractivity contribution in [3.63, 3.8) is 0 Å². The summed E-state index contributed by atoms with van der Waals surface area (Å²) in [6.07, 6.45) is 4.52. The number of sulfone groups is 1. The van der Waals surface area contributed by atoms with Crippen LogP contribution >= 0.6 is 0 Å². The van der Waals surface area contributed by atoms with Gasteiger partial charge in [0.2, 0.25) is 5.91 Å². The summed E-state index contributed by atoms with van der Waals surface area (Å²) in [4.78, 5) is 14.6. The summed E-state index contributed by atoms with van der Waals surface area (Å²) in [6, 6.07) is 9.78. The van der Waals surface area contributed by atoms with Crippen LogP contribution in [-0.4, -0.2) is 19.3 Å². The fourth-order valence-electron chi connectivity index (χ4n) is 1.56. The second-order valence-electron chi connectivity index (χ2n) is 4.10. The van der Waals surface area contributed by atoms with Gasteiger partial charge in [-0.25, -0.2) is 8.42 Å². The third-order valence-electron chi connectivity index (χ3n) is 2.60. The van der Waals surface area contributed by atoms with Gasteiger partial charge in [0.1, 0.15) is 0 Å². The largest absolute Gasteiger partial charge is 0.367 e. The van der Waals surface area contributed by atoms with E-state index in [0.29, 0.717) is 6.54 Å². The Morgan fingerprint density at radius 3 is 2.60 bits per heavy atom. The molecule has 2 rings (SSSR count). The third kappa shape index (κ3) is 3.83. The molecular formula is C14H14N2O3S. The standard InChI is InChI=1S/C14H14N2O3S/c17-14(16-11-12-6-8-15-10-12)7-9-20(18,19)13-4-2-1-3-5-13/h1-10,15H,11H2,(H,16,17)/b9-7+. The van der Waals surface area contributed by atoms with Crippen LogP contribution in [0.1, 0.15) is 5.56 Å². The fraction of sp³-hybridized carbons (Fsp3) is 0.0714. The van der Waals surface area contributed by atoms with Crippen molar-refractivity contribution in [3.05, 3.63) is 65.8 Å². The molecule has 6 heteroatoms. The first kappa shape index (κ1) is 14.1. The Kier molecular flexibility index (Phi) is 4.37. The van der Waals surface area contributed by atoms with Crippen molar-refractivity contribution in [3.8, 4) is 0 Å². The average molecular weight is 290 g/mol. The highest BCUT2D eigenvalue weighted by Crippen LogP contribution is 2.10. The van der Waals surface area contributed by atoms with Crippen LogP contribution in [0.15, 0.2) is 65.2 Å². The molecule has 0 fully saturated rings. The van der Waals surface area contributed by atoms with Gasteiger partial charge in [-0.1, -0.05) is 18.2 Å². The van der Waals surface area contributed by atoms with Crippen molar-refractivity contribution in [1.82, 2.24) is 10.3 Å². The molecule has 0 saturated heterocycles. The molecule has 0 bridgehead atoms. The number of H-pyrrole nitrogens is 1. The molecule has 2 aromatic rings. The van der Waals surface area contributed by atoms with Gasteiger partial charge in [-0.3, -0.25) is 4.79 Å². The van der Waals surface area contributed by atoms with Crippen LogP contribution in [0, 0.1) is 0 Å². The number of amides is 1. The number of benzene rings is 1. The van der Waals surface area contributed by atoms with Crippen LogP contribution in [-0.2, 0) is 21.2 Å². The maximum absolute atomic E-state index is 11.9. The smallest absolute Gasteiger partial charge is 0.244 e. The summed E-state index contributed by atoms with van der Waals surface area (Å²) >= 11 is 0. The Hall–Kier alpha value is -2.34. The van der Waals surface area contributed by atoms with Gasteiger partial charge in [0, 0.05) is 30.4 Å². The van der Waals surface area contributed by atoms with E-state index in [-0.39, 0.29) is 4.90 Å². The molecular weight excluding hydrogens is 276 g/mol. The van der Waals surface area contributed by atoms with E-state index in [1.807, 2.05) is 6.07 Å². The Balaban J connectivity index is 1.96. The van der Waals surface area contributed by atoms with Gasteiger partial charge in [0.25, 0.3) is 0 Å². The van der Waals surface area contributed by atoms with E-state index in [1.165, 1.54) is 12.1 Å². The Bertz CT molecular complexity index is 689. The van der Waals surface area contributed by atoms with Crippen LogP contribution in [0.25, 0.3) is 0 Å². The molecule has 1 heterocycles. The van der Waals surface area contributed by atoms with Crippen LogP contribution in [0.3, 0.4) is 0 Å². The lowest BCUT2D eigenvalue weighted by atomic mass is 10.3. The van der Waals surface area contributed by atoms with E-state index in [2.05, 4.69) is 10.3 Å². The van der Waals surface area contributed by atoms with Crippen LogP contribution in [0.5, 0.6) is 0 Å². The minimum atomic E-state index is -3.58. The number of carbonyl (C=O) groups is 1. The molecule has 1 amide bonds. The molecule has 0 aliphatic rings. The quantitative estimate of drug-likeness (QED) is 0.821. The predicted octanol–water partition coefficient (Wildman–Crippen LogP) is 1.62. The monoisotopic (exact) mass is 290 g/mol. The SMILES string of the molecule is O=C(/C=C/S(=O)(=O)c1ccccc1)NCc1cc[nH]c1. The van der Waals surface area contributed by atoms with Gasteiger partial charge >= 0.3 is 0 Å². The second-order valence-corrected chi connectivity index (χ2v) is 5.93. The van der Waals surface area contributed by atoms with Gasteiger partial charge in [0.05, 0.1) is 4.90 Å². The van der Waals surface area contributed by atoms with Crippen molar-refractivity contribution in [2.45, 2.75) is 11.4 Å². The zero-order valence-electron chi connectivity index (χ0n) is 10.6. The van der Waals surface area contributed by atoms with Crippen molar-refractivity contribution >= 4 is 15.7 Å². The number of aromatic amines is 1. The van der Waals surface area contributed by atoms with Crippen LogP contribution in [0.4, 0.5) is 0 Å². The highest BCUT2D eigenvalue weighted by Gasteiger charge is 2.09. The van der Waals surface area contributed by atoms with E-state index < -0.39 is 15.7 Å². The molecule has 0 spiro atoms. The molecule has 104 valence electrons. The maximum atomic E-state index is 11.9. The van der Waals surface area contributed by atoms with E-state index in [4.69, 9.17) is 0 Å². The summed E-state index contributed by atoms with van der Waals surface area (Å²) in [7, 11) is -3.58. The zero-order chi connectivity index (χ0) is 14.4. The van der Waals surface area contributed by atoms with Crippen molar-refractivity contribution in [2.24, 2.45) is 0 Å². The fourth-order valence-corrected chi connectivity index (χ4v) is 2.55. The molecule has 2 N–H and O–H groups in total. The second kappa shape index (κ2) is 6.21. The average Bonchev–Trinajstić information content (AvgIpc) is 2.97. The van der Waals surface area contributed by atoms with Crippen LogP contribution < -0.4 is 5.32 Å². The minimum absolute atomic E-state index is 0.162. The molecule has 0 aliphatic heterocycles. The van der Waals surface area contributed by atoms with Crippen LogP contribution in [0.2, 0.25) is 0 Å². The number of carbonyl (C=O) groups excluding carboxylic acids is 1. The molecule has 1 aromatic carbocycles. The number of hydrogen-bond acceptors (Lipinski definition) is 3. The molecule has 0 saturated carbocycles. The summed E-state index contributed by atoms with van der Waals surface area (Å²) < 4.78 is 23.8. The number of rotatable bonds is 5. The number of nitrogens with one attached hydrogen (secondary N) is 2. The zero-order valence-corrected chi connectivity index (χ0v) is 11.4. The number of hydrogen-bond donors (Lipinski definition) is 2. The van der Waals surface area contributed by atoms with E-state index in [0.717, 1.165) is 17.0 Å². The molecule has 0 aliphatic carbocycles. The topological polar surface area (TPSA) is 79.0 Å². The third-order valence-corrected chi connectivity index (χ3v) is 4.02. The first-order chi connectivity index (χ1) is 9.58. The molecule has 0 atom stereocenters. The van der Waals surface area contributed by atoms with Gasteiger partial charge in [0.15, 0.2) is 9.84 Å². The summed E-state index contributed by atoms with van der Waals surface area (Å²) in [6.45, 7) is 0.345. The Morgan fingerprint density at radius 1 is 1.20 bits per heavy atom. The normalized spacial score (nSPS) is 11.6. The first-order valence-electron chi connectivity index (χ1n) is 5.96. The van der Waals surface area contributed by atoms with Crippen molar-refractivity contribution in [1.29, 1.82) is 0 Å². The highest BCUT2D eigenvalue weighted by molar-refractivity contribution is 7.94. The molecule has 1 aromatic heterocycles. The van der Waals surface area contributed by atoms with Crippen molar-refractivity contribution < 1.29 is 13.2 Å². The summed E-state index contributed by atoms with van der Waals surface area (Å²) in [5.74, 6) is -0.453. The molecule has 0 radical (unpaired) electrons. The molecule has 0 unspecified atom stereocenters. The lowest BCUT2D eigenvalue weighted by Gasteiger charge is -2.00. The van der Waals surface area contributed by atoms with Crippen molar-refractivity contribution in [2.75, 3.05) is 0 Å². The molecule has 20 heavy (non-hydrogen) atoms. The first-order valence-corrected chi connectivity index (χ1v) is 7.50. The number of aromatic nitrogens is 1. The van der Waals surface area contributed by atoms with Gasteiger partial charge in [-0.15, -0.1) is 0 Å². The predicted molar refractivity (Wildman–Crippen MR) is 75.4 cm³/mol.